The van der Waals surface area contributed by atoms with E-state index in [1.54, 1.807) is 7.11 Å². The summed E-state index contributed by atoms with van der Waals surface area (Å²) in [5, 5.41) is 3.61. The highest BCUT2D eigenvalue weighted by molar-refractivity contribution is 5.35. The third-order valence-corrected chi connectivity index (χ3v) is 4.46. The molecule has 0 radical (unpaired) electrons. The molecule has 18 heavy (non-hydrogen) atoms. The first-order chi connectivity index (χ1) is 8.58. The largest absolute Gasteiger partial charge is 0.497 e. The summed E-state index contributed by atoms with van der Waals surface area (Å²) in [4.78, 5) is 0. The predicted molar refractivity (Wildman–Crippen MR) is 76.2 cm³/mol. The molecule has 0 bridgehead atoms. The van der Waals surface area contributed by atoms with Crippen LogP contribution in [0.5, 0.6) is 5.75 Å². The van der Waals surface area contributed by atoms with Crippen LogP contribution in [0.25, 0.3) is 0 Å². The van der Waals surface area contributed by atoms with E-state index in [0.29, 0.717) is 11.5 Å². The van der Waals surface area contributed by atoms with Crippen molar-refractivity contribution < 1.29 is 4.74 Å². The minimum absolute atomic E-state index is 0.330. The highest BCUT2D eigenvalue weighted by atomic mass is 16.5. The van der Waals surface area contributed by atoms with Crippen LogP contribution < -0.4 is 10.1 Å². The van der Waals surface area contributed by atoms with Gasteiger partial charge in [0.1, 0.15) is 5.75 Å². The average molecular weight is 247 g/mol. The van der Waals surface area contributed by atoms with Gasteiger partial charge in [-0.3, -0.25) is 0 Å². The molecule has 0 saturated heterocycles. The maximum Gasteiger partial charge on any atom is 0.118 e. The van der Waals surface area contributed by atoms with Crippen LogP contribution in [0.15, 0.2) is 24.3 Å². The van der Waals surface area contributed by atoms with Gasteiger partial charge in [0.15, 0.2) is 0 Å². The lowest BCUT2D eigenvalue weighted by atomic mass is 9.57. The van der Waals surface area contributed by atoms with E-state index < -0.39 is 0 Å². The van der Waals surface area contributed by atoms with E-state index in [9.17, 15) is 0 Å². The van der Waals surface area contributed by atoms with Gasteiger partial charge in [0.05, 0.1) is 7.11 Å². The van der Waals surface area contributed by atoms with Crippen molar-refractivity contribution in [2.75, 3.05) is 13.7 Å². The second-order valence-corrected chi connectivity index (χ2v) is 5.86. The minimum Gasteiger partial charge on any atom is -0.497 e. The molecule has 100 valence electrons. The summed E-state index contributed by atoms with van der Waals surface area (Å²) in [6, 6.07) is 9.18. The van der Waals surface area contributed by atoms with Crippen LogP contribution >= 0.6 is 0 Å². The zero-order valence-electron chi connectivity index (χ0n) is 12.0. The van der Waals surface area contributed by atoms with E-state index in [1.807, 2.05) is 0 Å². The Balaban J connectivity index is 2.18. The van der Waals surface area contributed by atoms with E-state index in [1.165, 1.54) is 18.4 Å². The lowest BCUT2D eigenvalue weighted by Gasteiger charge is -2.49. The molecule has 0 aromatic heterocycles. The molecule has 2 heteroatoms. The monoisotopic (exact) mass is 247 g/mol. The van der Waals surface area contributed by atoms with Gasteiger partial charge >= 0.3 is 0 Å². The first-order valence-electron chi connectivity index (χ1n) is 6.96. The van der Waals surface area contributed by atoms with Gasteiger partial charge in [-0.15, -0.1) is 0 Å². The van der Waals surface area contributed by atoms with Crippen molar-refractivity contribution in [3.05, 3.63) is 29.8 Å². The van der Waals surface area contributed by atoms with Crippen LogP contribution in [-0.4, -0.2) is 19.7 Å². The molecule has 2 rings (SSSR count). The van der Waals surface area contributed by atoms with Crippen molar-refractivity contribution in [2.24, 2.45) is 5.92 Å². The van der Waals surface area contributed by atoms with E-state index in [4.69, 9.17) is 4.74 Å². The smallest absolute Gasteiger partial charge is 0.118 e. The topological polar surface area (TPSA) is 21.3 Å². The van der Waals surface area contributed by atoms with Crippen molar-refractivity contribution in [3.63, 3.8) is 0 Å². The SMILES string of the molecule is COc1ccc(C2(CNC(C)C)CCC2C)cc1. The van der Waals surface area contributed by atoms with Gasteiger partial charge in [0, 0.05) is 18.0 Å². The Morgan fingerprint density at radius 1 is 1.33 bits per heavy atom. The molecule has 1 aliphatic rings. The number of hydrogen-bond donors (Lipinski definition) is 1. The fraction of sp³-hybridized carbons (Fsp3) is 0.625. The summed E-state index contributed by atoms with van der Waals surface area (Å²) in [5.41, 5.74) is 1.78. The van der Waals surface area contributed by atoms with Gasteiger partial charge in [-0.1, -0.05) is 32.9 Å². The summed E-state index contributed by atoms with van der Waals surface area (Å²) < 4.78 is 5.24. The molecular formula is C16H25NO. The summed E-state index contributed by atoms with van der Waals surface area (Å²) in [5.74, 6) is 1.70. The number of hydrogen-bond acceptors (Lipinski definition) is 2. The summed E-state index contributed by atoms with van der Waals surface area (Å²) in [6.45, 7) is 7.88. The molecule has 2 nitrogen and oxygen atoms in total. The highest BCUT2D eigenvalue weighted by Crippen LogP contribution is 2.48. The molecule has 2 atom stereocenters. The zero-order valence-corrected chi connectivity index (χ0v) is 12.0. The Morgan fingerprint density at radius 3 is 2.39 bits per heavy atom. The Bertz CT molecular complexity index is 385. The fourth-order valence-corrected chi connectivity index (χ4v) is 2.88. The third kappa shape index (κ3) is 2.39. The summed E-state index contributed by atoms with van der Waals surface area (Å²) >= 11 is 0. The number of rotatable bonds is 5. The van der Waals surface area contributed by atoms with Crippen molar-refractivity contribution in [3.8, 4) is 5.75 Å². The van der Waals surface area contributed by atoms with Crippen molar-refractivity contribution in [2.45, 2.75) is 45.1 Å². The molecular weight excluding hydrogens is 222 g/mol. The second kappa shape index (κ2) is 5.31. The Kier molecular flexibility index (Phi) is 3.96. The van der Waals surface area contributed by atoms with Crippen LogP contribution in [0.4, 0.5) is 0 Å². The van der Waals surface area contributed by atoms with E-state index in [-0.39, 0.29) is 0 Å². The molecule has 1 aromatic rings. The molecule has 1 aliphatic carbocycles. The van der Waals surface area contributed by atoms with Gasteiger partial charge < -0.3 is 10.1 Å². The van der Waals surface area contributed by atoms with Crippen LogP contribution in [0.2, 0.25) is 0 Å². The molecule has 0 spiro atoms. The summed E-state index contributed by atoms with van der Waals surface area (Å²) in [6.07, 6.45) is 2.63. The molecule has 1 saturated carbocycles. The lowest BCUT2D eigenvalue weighted by molar-refractivity contribution is 0.131. The van der Waals surface area contributed by atoms with E-state index in [2.05, 4.69) is 50.4 Å². The maximum atomic E-state index is 5.24. The van der Waals surface area contributed by atoms with Crippen molar-refractivity contribution in [1.29, 1.82) is 0 Å². The first-order valence-corrected chi connectivity index (χ1v) is 6.96. The number of nitrogens with one attached hydrogen (secondary N) is 1. The van der Waals surface area contributed by atoms with Crippen molar-refractivity contribution >= 4 is 0 Å². The zero-order chi connectivity index (χ0) is 13.2. The molecule has 0 aliphatic heterocycles. The third-order valence-electron chi connectivity index (χ3n) is 4.46. The van der Waals surface area contributed by atoms with Crippen LogP contribution in [0.3, 0.4) is 0 Å². The minimum atomic E-state index is 0.330. The Hall–Kier alpha value is -1.02. The number of methoxy groups -OCH3 is 1. The Labute approximate surface area is 111 Å². The van der Waals surface area contributed by atoms with Gasteiger partial charge in [-0.05, 0) is 36.5 Å². The lowest BCUT2D eigenvalue weighted by Crippen LogP contribution is -2.51. The van der Waals surface area contributed by atoms with Gasteiger partial charge in [0.2, 0.25) is 0 Å². The van der Waals surface area contributed by atoms with Crippen LogP contribution in [0, 0.1) is 5.92 Å². The fourth-order valence-electron chi connectivity index (χ4n) is 2.88. The predicted octanol–water partition coefficient (Wildman–Crippen LogP) is 3.36. The average Bonchev–Trinajstić information content (AvgIpc) is 2.38. The van der Waals surface area contributed by atoms with Crippen LogP contribution in [0.1, 0.15) is 39.2 Å². The number of ether oxygens (including phenoxy) is 1. The number of benzene rings is 1. The second-order valence-electron chi connectivity index (χ2n) is 5.86. The van der Waals surface area contributed by atoms with Crippen molar-refractivity contribution in [1.82, 2.24) is 5.32 Å². The van der Waals surface area contributed by atoms with Gasteiger partial charge in [-0.2, -0.15) is 0 Å². The summed E-state index contributed by atoms with van der Waals surface area (Å²) in [7, 11) is 1.72. The molecule has 0 heterocycles. The Morgan fingerprint density at radius 2 is 2.00 bits per heavy atom. The molecule has 1 aromatic carbocycles. The standard InChI is InChI=1S/C16H25NO/c1-12(2)17-11-16(10-9-13(16)3)14-5-7-15(18-4)8-6-14/h5-8,12-13,17H,9-11H2,1-4H3. The maximum absolute atomic E-state index is 5.24. The normalized spacial score (nSPS) is 27.1. The molecule has 1 N–H and O–H groups in total. The first kappa shape index (κ1) is 13.4. The quantitative estimate of drug-likeness (QED) is 0.861. The van der Waals surface area contributed by atoms with Crippen LogP contribution in [-0.2, 0) is 5.41 Å². The highest BCUT2D eigenvalue weighted by Gasteiger charge is 2.44. The van der Waals surface area contributed by atoms with Gasteiger partial charge in [0.25, 0.3) is 0 Å². The van der Waals surface area contributed by atoms with E-state index in [0.717, 1.165) is 18.2 Å². The molecule has 0 amide bonds. The van der Waals surface area contributed by atoms with E-state index >= 15 is 0 Å². The van der Waals surface area contributed by atoms with Gasteiger partial charge in [-0.25, -0.2) is 0 Å². The molecule has 1 fully saturated rings. The molecule has 2 unspecified atom stereocenters.